The van der Waals surface area contributed by atoms with Gasteiger partial charge in [0.2, 0.25) is 0 Å². The molecule has 0 heterocycles. The molecule has 0 aliphatic heterocycles. The van der Waals surface area contributed by atoms with E-state index >= 15 is 0 Å². The van der Waals surface area contributed by atoms with Crippen LogP contribution in [0.2, 0.25) is 0 Å². The zero-order chi connectivity index (χ0) is 16.4. The fourth-order valence-corrected chi connectivity index (χ4v) is 3.19. The highest BCUT2D eigenvalue weighted by atomic mass is 16.5. The Morgan fingerprint density at radius 1 is 1.09 bits per heavy atom. The van der Waals surface area contributed by atoms with Crippen molar-refractivity contribution < 1.29 is 9.53 Å². The highest BCUT2D eigenvalue weighted by Crippen LogP contribution is 2.44. The van der Waals surface area contributed by atoms with Gasteiger partial charge < -0.3 is 10.5 Å². The summed E-state index contributed by atoms with van der Waals surface area (Å²) in [6.07, 6.45) is 0.866. The Labute approximate surface area is 137 Å². The molecule has 2 atom stereocenters. The molecule has 3 heteroatoms. The molecular weight excluding hydrogens is 286 g/mol. The molecule has 0 aromatic heterocycles. The van der Waals surface area contributed by atoms with Crippen LogP contribution in [0.15, 0.2) is 48.5 Å². The van der Waals surface area contributed by atoms with E-state index in [0.717, 1.165) is 6.42 Å². The largest absolute Gasteiger partial charge is 0.464 e. The van der Waals surface area contributed by atoms with Crippen LogP contribution in [-0.4, -0.2) is 18.6 Å². The number of carbonyl (C=O) groups excluding carboxylic acids is 1. The van der Waals surface area contributed by atoms with Gasteiger partial charge in [0.1, 0.15) is 12.6 Å². The minimum atomic E-state index is -0.549. The van der Waals surface area contributed by atoms with Crippen molar-refractivity contribution in [1.29, 1.82) is 0 Å². The van der Waals surface area contributed by atoms with E-state index in [9.17, 15) is 4.79 Å². The molecule has 2 aromatic carbocycles. The van der Waals surface area contributed by atoms with Crippen LogP contribution in [0, 0.1) is 5.92 Å². The Morgan fingerprint density at radius 3 is 2.13 bits per heavy atom. The summed E-state index contributed by atoms with van der Waals surface area (Å²) < 4.78 is 5.56. The monoisotopic (exact) mass is 309 g/mol. The normalized spacial score (nSPS) is 15.6. The van der Waals surface area contributed by atoms with Crippen LogP contribution < -0.4 is 5.73 Å². The molecule has 0 unspecified atom stereocenters. The first-order chi connectivity index (χ1) is 11.1. The summed E-state index contributed by atoms with van der Waals surface area (Å²) in [5, 5.41) is 0. The third kappa shape index (κ3) is 2.89. The standard InChI is InChI=1S/C20H23NO2/c1-3-13(2)19(21)20(22)23-12-18-16-10-6-4-8-14(16)15-9-5-7-11-17(15)18/h4-11,13,18-19H,3,12,21H2,1-2H3/t13-,19+/m1/s1. The van der Waals surface area contributed by atoms with Gasteiger partial charge in [-0.2, -0.15) is 0 Å². The number of carbonyl (C=O) groups is 1. The molecule has 1 aliphatic carbocycles. The van der Waals surface area contributed by atoms with E-state index in [4.69, 9.17) is 10.5 Å². The van der Waals surface area contributed by atoms with Gasteiger partial charge in [0, 0.05) is 5.92 Å². The van der Waals surface area contributed by atoms with Crippen LogP contribution in [0.5, 0.6) is 0 Å². The molecule has 23 heavy (non-hydrogen) atoms. The lowest BCUT2D eigenvalue weighted by Crippen LogP contribution is -2.38. The minimum Gasteiger partial charge on any atom is -0.464 e. The predicted molar refractivity (Wildman–Crippen MR) is 92.1 cm³/mol. The van der Waals surface area contributed by atoms with Crippen molar-refractivity contribution >= 4 is 5.97 Å². The Hall–Kier alpha value is -2.13. The maximum atomic E-state index is 12.2. The van der Waals surface area contributed by atoms with Gasteiger partial charge >= 0.3 is 5.97 Å². The lowest BCUT2D eigenvalue weighted by Gasteiger charge is -2.19. The number of benzene rings is 2. The average Bonchev–Trinajstić information content (AvgIpc) is 2.92. The zero-order valence-electron chi connectivity index (χ0n) is 13.7. The number of esters is 1. The summed E-state index contributed by atoms with van der Waals surface area (Å²) >= 11 is 0. The fourth-order valence-electron chi connectivity index (χ4n) is 3.19. The van der Waals surface area contributed by atoms with E-state index < -0.39 is 6.04 Å². The maximum Gasteiger partial charge on any atom is 0.323 e. The van der Waals surface area contributed by atoms with Crippen LogP contribution in [0.4, 0.5) is 0 Å². The molecule has 0 radical (unpaired) electrons. The van der Waals surface area contributed by atoms with Gasteiger partial charge in [-0.15, -0.1) is 0 Å². The van der Waals surface area contributed by atoms with Crippen molar-refractivity contribution in [3.05, 3.63) is 59.7 Å². The Kier molecular flexibility index (Phi) is 4.49. The molecule has 0 fully saturated rings. The lowest BCUT2D eigenvalue weighted by atomic mass is 9.97. The van der Waals surface area contributed by atoms with Crippen molar-refractivity contribution in [2.45, 2.75) is 32.2 Å². The fraction of sp³-hybridized carbons (Fsp3) is 0.350. The summed E-state index contributed by atoms with van der Waals surface area (Å²) in [5.41, 5.74) is 10.9. The van der Waals surface area contributed by atoms with Gasteiger partial charge in [-0.05, 0) is 28.2 Å². The molecule has 0 amide bonds. The second-order valence-electron chi connectivity index (χ2n) is 6.27. The van der Waals surface area contributed by atoms with Crippen molar-refractivity contribution in [1.82, 2.24) is 0 Å². The molecule has 0 spiro atoms. The second kappa shape index (κ2) is 6.55. The van der Waals surface area contributed by atoms with Crippen LogP contribution in [0.1, 0.15) is 37.3 Å². The molecule has 3 nitrogen and oxygen atoms in total. The number of nitrogens with two attached hydrogens (primary N) is 1. The van der Waals surface area contributed by atoms with Crippen LogP contribution in [-0.2, 0) is 9.53 Å². The van der Waals surface area contributed by atoms with Gasteiger partial charge in [0.05, 0.1) is 0 Å². The minimum absolute atomic E-state index is 0.0930. The lowest BCUT2D eigenvalue weighted by molar-refractivity contribution is -0.146. The molecule has 0 saturated heterocycles. The first kappa shape index (κ1) is 15.8. The van der Waals surface area contributed by atoms with Crippen LogP contribution >= 0.6 is 0 Å². The second-order valence-corrected chi connectivity index (χ2v) is 6.27. The van der Waals surface area contributed by atoms with Crippen molar-refractivity contribution in [2.75, 3.05) is 6.61 Å². The summed E-state index contributed by atoms with van der Waals surface area (Å²) in [5.74, 6) is -0.0812. The number of hydrogen-bond acceptors (Lipinski definition) is 3. The zero-order valence-corrected chi connectivity index (χ0v) is 13.7. The van der Waals surface area contributed by atoms with E-state index in [1.807, 2.05) is 38.1 Å². The third-order valence-electron chi connectivity index (χ3n) is 4.88. The molecule has 0 bridgehead atoms. The SMILES string of the molecule is CC[C@@H](C)[C@H](N)C(=O)OCC1c2ccccc2-c2ccccc21. The maximum absolute atomic E-state index is 12.2. The summed E-state index contributed by atoms with van der Waals surface area (Å²) in [7, 11) is 0. The molecular formula is C20H23NO2. The highest BCUT2D eigenvalue weighted by Gasteiger charge is 2.30. The van der Waals surface area contributed by atoms with Crippen molar-refractivity contribution in [2.24, 2.45) is 11.7 Å². The number of rotatable bonds is 5. The van der Waals surface area contributed by atoms with Crippen molar-refractivity contribution in [3.63, 3.8) is 0 Å². The Balaban J connectivity index is 1.80. The van der Waals surface area contributed by atoms with Gasteiger partial charge in [-0.1, -0.05) is 68.8 Å². The summed E-state index contributed by atoms with van der Waals surface area (Å²) in [6, 6.07) is 16.1. The van der Waals surface area contributed by atoms with E-state index in [-0.39, 0.29) is 17.8 Å². The number of ether oxygens (including phenoxy) is 1. The van der Waals surface area contributed by atoms with E-state index in [1.54, 1.807) is 0 Å². The van der Waals surface area contributed by atoms with E-state index in [0.29, 0.717) is 6.61 Å². The average molecular weight is 309 g/mol. The van der Waals surface area contributed by atoms with Crippen LogP contribution in [0.3, 0.4) is 0 Å². The molecule has 1 aliphatic rings. The van der Waals surface area contributed by atoms with Crippen LogP contribution in [0.25, 0.3) is 11.1 Å². The summed E-state index contributed by atoms with van der Waals surface area (Å²) in [6.45, 7) is 4.35. The van der Waals surface area contributed by atoms with Gasteiger partial charge in [0.25, 0.3) is 0 Å². The van der Waals surface area contributed by atoms with E-state index in [1.165, 1.54) is 22.3 Å². The quantitative estimate of drug-likeness (QED) is 0.857. The third-order valence-corrected chi connectivity index (χ3v) is 4.88. The highest BCUT2D eigenvalue weighted by molar-refractivity contribution is 5.79. The van der Waals surface area contributed by atoms with E-state index in [2.05, 4.69) is 24.3 Å². The van der Waals surface area contributed by atoms with Gasteiger partial charge in [-0.25, -0.2) is 0 Å². The number of hydrogen-bond donors (Lipinski definition) is 1. The van der Waals surface area contributed by atoms with Crippen molar-refractivity contribution in [3.8, 4) is 11.1 Å². The molecule has 2 N–H and O–H groups in total. The van der Waals surface area contributed by atoms with Gasteiger partial charge in [0.15, 0.2) is 0 Å². The molecule has 3 rings (SSSR count). The van der Waals surface area contributed by atoms with Gasteiger partial charge in [-0.3, -0.25) is 4.79 Å². The smallest absolute Gasteiger partial charge is 0.323 e. The number of fused-ring (bicyclic) bond motifs is 3. The first-order valence-corrected chi connectivity index (χ1v) is 8.24. The molecule has 0 saturated carbocycles. The first-order valence-electron chi connectivity index (χ1n) is 8.24. The molecule has 2 aromatic rings. The molecule has 120 valence electrons. The summed E-state index contributed by atoms with van der Waals surface area (Å²) in [4.78, 5) is 12.2. The predicted octanol–water partition coefficient (Wildman–Crippen LogP) is 3.72. The Bertz CT molecular complexity index is 665. The topological polar surface area (TPSA) is 52.3 Å². The Morgan fingerprint density at radius 2 is 1.61 bits per heavy atom.